The van der Waals surface area contributed by atoms with Gasteiger partial charge in [0, 0.05) is 28.1 Å². The van der Waals surface area contributed by atoms with Gasteiger partial charge < -0.3 is 10.5 Å². The number of hydrogen-bond donors (Lipinski definition) is 1. The zero-order chi connectivity index (χ0) is 19.1. The molecule has 2 heterocycles. The predicted octanol–water partition coefficient (Wildman–Crippen LogP) is 2.29. The van der Waals surface area contributed by atoms with Gasteiger partial charge in [0.1, 0.15) is 10.7 Å². The highest BCUT2D eigenvalue weighted by Gasteiger charge is 2.39. The van der Waals surface area contributed by atoms with Gasteiger partial charge in [-0.25, -0.2) is 23.4 Å². The molecule has 136 valence electrons. The molecule has 0 saturated carbocycles. The Morgan fingerprint density at radius 3 is 2.46 bits per heavy atom. The molecule has 1 aliphatic rings. The molecule has 0 aliphatic carbocycles. The standard InChI is InChI=1S/C17H17BrN4O3S/c1-10-15(19)22-17(21-10,11-5-4-6-13(18)7-11)12-8-14(26(3,23)24)16(25-2)20-9-12/h4-9H,1-3H3,(H2,19,22). The Kier molecular flexibility index (Phi) is 4.61. The van der Waals surface area contributed by atoms with E-state index >= 15 is 0 Å². The molecular weight excluding hydrogens is 420 g/mol. The molecule has 7 nitrogen and oxygen atoms in total. The maximum atomic E-state index is 12.2. The van der Waals surface area contributed by atoms with Crippen molar-refractivity contribution in [2.24, 2.45) is 15.7 Å². The first-order valence-corrected chi connectivity index (χ1v) is 10.3. The molecule has 0 amide bonds. The zero-order valence-corrected chi connectivity index (χ0v) is 16.8. The van der Waals surface area contributed by atoms with Crippen molar-refractivity contribution < 1.29 is 13.2 Å². The lowest BCUT2D eigenvalue weighted by molar-refractivity contribution is 0.384. The van der Waals surface area contributed by atoms with E-state index in [1.54, 1.807) is 6.92 Å². The highest BCUT2D eigenvalue weighted by atomic mass is 79.9. The van der Waals surface area contributed by atoms with Gasteiger partial charge in [0.2, 0.25) is 11.5 Å². The average molecular weight is 437 g/mol. The van der Waals surface area contributed by atoms with Gasteiger partial charge >= 0.3 is 0 Å². The van der Waals surface area contributed by atoms with Gasteiger partial charge in [-0.05, 0) is 25.1 Å². The van der Waals surface area contributed by atoms with Gasteiger partial charge in [-0.1, -0.05) is 28.1 Å². The lowest BCUT2D eigenvalue weighted by atomic mass is 9.93. The van der Waals surface area contributed by atoms with Crippen LogP contribution in [0.25, 0.3) is 0 Å². The summed E-state index contributed by atoms with van der Waals surface area (Å²) in [4.78, 5) is 13.3. The Bertz CT molecular complexity index is 1030. The minimum atomic E-state index is -3.57. The molecule has 0 spiro atoms. The number of methoxy groups -OCH3 is 1. The second kappa shape index (κ2) is 6.48. The molecule has 9 heteroatoms. The van der Waals surface area contributed by atoms with E-state index in [1.807, 2.05) is 24.3 Å². The van der Waals surface area contributed by atoms with Crippen LogP contribution in [0.15, 0.2) is 55.9 Å². The van der Waals surface area contributed by atoms with Crippen molar-refractivity contribution in [3.63, 3.8) is 0 Å². The van der Waals surface area contributed by atoms with E-state index in [2.05, 4.69) is 30.9 Å². The first-order chi connectivity index (χ1) is 12.2. The van der Waals surface area contributed by atoms with E-state index in [1.165, 1.54) is 19.4 Å². The molecule has 0 fully saturated rings. The van der Waals surface area contributed by atoms with Crippen LogP contribution < -0.4 is 10.5 Å². The highest BCUT2D eigenvalue weighted by Crippen LogP contribution is 2.40. The monoisotopic (exact) mass is 436 g/mol. The van der Waals surface area contributed by atoms with Crippen molar-refractivity contribution in [3.05, 3.63) is 52.1 Å². The smallest absolute Gasteiger partial charge is 0.232 e. The Labute approximate surface area is 160 Å². The normalized spacial score (nSPS) is 19.8. The Hall–Kier alpha value is -2.26. The molecule has 1 atom stereocenters. The number of pyridine rings is 1. The summed E-state index contributed by atoms with van der Waals surface area (Å²) in [6, 6.07) is 8.94. The molecule has 2 N–H and O–H groups in total. The minimum Gasteiger partial charge on any atom is -0.480 e. The molecule has 1 aromatic carbocycles. The summed E-state index contributed by atoms with van der Waals surface area (Å²) in [5.74, 6) is 0.318. The summed E-state index contributed by atoms with van der Waals surface area (Å²) in [7, 11) is -2.20. The SMILES string of the molecule is COc1ncc(C2(c3cccc(Br)c3)N=C(C)C(N)=N2)cc1S(C)(=O)=O. The minimum absolute atomic E-state index is 0.0243. The fraction of sp³-hybridized carbons (Fsp3) is 0.235. The molecule has 26 heavy (non-hydrogen) atoms. The van der Waals surface area contributed by atoms with Crippen molar-refractivity contribution >= 4 is 37.3 Å². The number of rotatable bonds is 4. The van der Waals surface area contributed by atoms with Crippen LogP contribution in [0.3, 0.4) is 0 Å². The van der Waals surface area contributed by atoms with E-state index < -0.39 is 15.5 Å². The van der Waals surface area contributed by atoms with E-state index in [0.29, 0.717) is 17.1 Å². The first kappa shape index (κ1) is 18.5. The van der Waals surface area contributed by atoms with Crippen molar-refractivity contribution in [1.82, 2.24) is 4.98 Å². The van der Waals surface area contributed by atoms with Gasteiger partial charge in [0.05, 0.1) is 12.8 Å². The fourth-order valence-corrected chi connectivity index (χ4v) is 3.95. The number of ether oxygens (including phenoxy) is 1. The largest absolute Gasteiger partial charge is 0.480 e. The first-order valence-electron chi connectivity index (χ1n) is 7.60. The second-order valence-electron chi connectivity index (χ2n) is 5.88. The Balaban J connectivity index is 2.33. The van der Waals surface area contributed by atoms with Crippen molar-refractivity contribution in [3.8, 4) is 5.88 Å². The van der Waals surface area contributed by atoms with E-state index in [0.717, 1.165) is 16.3 Å². The topological polar surface area (TPSA) is 107 Å². The molecule has 0 saturated heterocycles. The van der Waals surface area contributed by atoms with Crippen molar-refractivity contribution in [2.75, 3.05) is 13.4 Å². The number of halogens is 1. The van der Waals surface area contributed by atoms with Gasteiger partial charge in [-0.3, -0.25) is 0 Å². The van der Waals surface area contributed by atoms with E-state index in [-0.39, 0.29) is 10.8 Å². The molecule has 0 bridgehead atoms. The quantitative estimate of drug-likeness (QED) is 0.790. The number of nitrogens with zero attached hydrogens (tertiary/aromatic N) is 3. The van der Waals surface area contributed by atoms with Gasteiger partial charge in [-0.15, -0.1) is 0 Å². The highest BCUT2D eigenvalue weighted by molar-refractivity contribution is 9.10. The molecule has 2 aromatic rings. The molecular formula is C17H17BrN4O3S. The van der Waals surface area contributed by atoms with Crippen molar-refractivity contribution in [1.29, 1.82) is 0 Å². The number of amidine groups is 1. The summed E-state index contributed by atoms with van der Waals surface area (Å²) in [5.41, 5.74) is 6.58. The van der Waals surface area contributed by atoms with Crippen LogP contribution in [-0.2, 0) is 15.5 Å². The summed E-state index contributed by atoms with van der Waals surface area (Å²) < 4.78 is 30.3. The van der Waals surface area contributed by atoms with Crippen LogP contribution in [-0.4, -0.2) is 38.3 Å². The molecule has 3 rings (SSSR count). The van der Waals surface area contributed by atoms with Gasteiger partial charge in [-0.2, -0.15) is 0 Å². The lowest BCUT2D eigenvalue weighted by Gasteiger charge is -2.25. The van der Waals surface area contributed by atoms with E-state index in [9.17, 15) is 8.42 Å². The summed E-state index contributed by atoms with van der Waals surface area (Å²) in [5, 5.41) is 0. The molecule has 0 radical (unpaired) electrons. The van der Waals surface area contributed by atoms with Crippen molar-refractivity contribution in [2.45, 2.75) is 17.5 Å². The number of aliphatic imine (C=N–C) groups is 2. The van der Waals surface area contributed by atoms with Gasteiger partial charge in [0.15, 0.2) is 9.84 Å². The van der Waals surface area contributed by atoms with Gasteiger partial charge in [0.25, 0.3) is 0 Å². The summed E-state index contributed by atoms with van der Waals surface area (Å²) in [6.45, 7) is 1.76. The lowest BCUT2D eigenvalue weighted by Crippen LogP contribution is -2.23. The van der Waals surface area contributed by atoms with E-state index in [4.69, 9.17) is 10.5 Å². The molecule has 1 aliphatic heterocycles. The number of benzene rings is 1. The fourth-order valence-electron chi connectivity index (χ4n) is 2.75. The number of sulfone groups is 1. The molecule has 1 aromatic heterocycles. The van der Waals surface area contributed by atoms with Crippen LogP contribution in [0.2, 0.25) is 0 Å². The van der Waals surface area contributed by atoms with Crippen LogP contribution >= 0.6 is 15.9 Å². The maximum absolute atomic E-state index is 12.2. The number of aromatic nitrogens is 1. The third kappa shape index (κ3) is 3.12. The summed E-state index contributed by atoms with van der Waals surface area (Å²) >= 11 is 3.45. The van der Waals surface area contributed by atoms with Crippen LogP contribution in [0, 0.1) is 0 Å². The third-order valence-corrected chi connectivity index (χ3v) is 5.61. The zero-order valence-electron chi connectivity index (χ0n) is 14.4. The number of hydrogen-bond acceptors (Lipinski definition) is 7. The molecule has 1 unspecified atom stereocenters. The van der Waals surface area contributed by atoms with Crippen LogP contribution in [0.1, 0.15) is 18.1 Å². The second-order valence-corrected chi connectivity index (χ2v) is 8.78. The van der Waals surface area contributed by atoms with Crippen LogP contribution in [0.4, 0.5) is 0 Å². The number of nitrogens with two attached hydrogens (primary N) is 1. The maximum Gasteiger partial charge on any atom is 0.232 e. The summed E-state index contributed by atoms with van der Waals surface area (Å²) in [6.07, 6.45) is 2.61. The van der Waals surface area contributed by atoms with Crippen LogP contribution in [0.5, 0.6) is 5.88 Å². The predicted molar refractivity (Wildman–Crippen MR) is 104 cm³/mol. The third-order valence-electron chi connectivity index (χ3n) is 4.02. The average Bonchev–Trinajstić information content (AvgIpc) is 2.90. The Morgan fingerprint density at radius 1 is 1.19 bits per heavy atom. The Morgan fingerprint density at radius 2 is 1.92 bits per heavy atom.